The number of hydrogen-bond acceptors (Lipinski definition) is 4. The number of ether oxygens (including phenoxy) is 2. The van der Waals surface area contributed by atoms with Crippen molar-refractivity contribution in [2.45, 2.75) is 64.7 Å². The fourth-order valence-electron chi connectivity index (χ4n) is 3.93. The Bertz CT molecular complexity index is 309. The van der Waals surface area contributed by atoms with Gasteiger partial charge in [0.05, 0.1) is 17.8 Å². The highest BCUT2D eigenvalue weighted by Gasteiger charge is 2.39. The van der Waals surface area contributed by atoms with Gasteiger partial charge in [0.1, 0.15) is 0 Å². The molecule has 0 bridgehead atoms. The average Bonchev–Trinajstić information content (AvgIpc) is 2.84. The summed E-state index contributed by atoms with van der Waals surface area (Å²) in [5, 5.41) is 3.75. The SMILES string of the molecule is CCCNC(CN1CC(C)(C)OC(C)(C)C1)C1CCOC1. The molecule has 0 spiro atoms. The van der Waals surface area contributed by atoms with Gasteiger partial charge in [0.25, 0.3) is 0 Å². The topological polar surface area (TPSA) is 33.7 Å². The molecule has 0 amide bonds. The van der Waals surface area contributed by atoms with Crippen LogP contribution < -0.4 is 5.32 Å². The number of hydrogen-bond donors (Lipinski definition) is 1. The predicted octanol–water partition coefficient (Wildman–Crippen LogP) is 2.28. The Morgan fingerprint density at radius 3 is 2.38 bits per heavy atom. The molecule has 2 heterocycles. The van der Waals surface area contributed by atoms with Gasteiger partial charge in [-0.15, -0.1) is 0 Å². The molecular formula is C17H34N2O2. The van der Waals surface area contributed by atoms with Crippen LogP contribution in [0.25, 0.3) is 0 Å². The van der Waals surface area contributed by atoms with Crippen molar-refractivity contribution in [3.8, 4) is 0 Å². The van der Waals surface area contributed by atoms with Crippen LogP contribution in [0.2, 0.25) is 0 Å². The molecule has 2 aliphatic heterocycles. The van der Waals surface area contributed by atoms with Crippen molar-refractivity contribution in [1.82, 2.24) is 10.2 Å². The minimum atomic E-state index is -0.0662. The van der Waals surface area contributed by atoms with Gasteiger partial charge in [0.15, 0.2) is 0 Å². The second-order valence-corrected chi connectivity index (χ2v) is 7.98. The Morgan fingerprint density at radius 1 is 1.19 bits per heavy atom. The molecule has 21 heavy (non-hydrogen) atoms. The Kier molecular flexibility index (Phi) is 5.69. The molecule has 2 atom stereocenters. The van der Waals surface area contributed by atoms with E-state index in [2.05, 4.69) is 44.8 Å². The van der Waals surface area contributed by atoms with Gasteiger partial charge in [0.2, 0.25) is 0 Å². The summed E-state index contributed by atoms with van der Waals surface area (Å²) in [6.07, 6.45) is 2.38. The van der Waals surface area contributed by atoms with E-state index in [1.165, 1.54) is 12.8 Å². The Balaban J connectivity index is 1.97. The van der Waals surface area contributed by atoms with Gasteiger partial charge in [-0.3, -0.25) is 4.90 Å². The van der Waals surface area contributed by atoms with Crippen molar-refractivity contribution >= 4 is 0 Å². The van der Waals surface area contributed by atoms with Gasteiger partial charge >= 0.3 is 0 Å². The molecule has 2 rings (SSSR count). The molecule has 4 nitrogen and oxygen atoms in total. The van der Waals surface area contributed by atoms with Gasteiger partial charge in [-0.2, -0.15) is 0 Å². The Morgan fingerprint density at radius 2 is 1.86 bits per heavy atom. The van der Waals surface area contributed by atoms with Gasteiger partial charge in [-0.05, 0) is 47.1 Å². The van der Waals surface area contributed by atoms with Crippen molar-refractivity contribution in [3.05, 3.63) is 0 Å². The zero-order valence-electron chi connectivity index (χ0n) is 14.6. The number of nitrogens with one attached hydrogen (secondary N) is 1. The van der Waals surface area contributed by atoms with E-state index in [0.29, 0.717) is 12.0 Å². The largest absolute Gasteiger partial charge is 0.381 e. The van der Waals surface area contributed by atoms with Gasteiger partial charge in [0, 0.05) is 38.2 Å². The maximum absolute atomic E-state index is 6.19. The molecular weight excluding hydrogens is 264 g/mol. The molecule has 0 aliphatic carbocycles. The van der Waals surface area contributed by atoms with Crippen LogP contribution >= 0.6 is 0 Å². The van der Waals surface area contributed by atoms with Crippen LogP contribution in [0.1, 0.15) is 47.5 Å². The Hall–Kier alpha value is -0.160. The van der Waals surface area contributed by atoms with Crippen molar-refractivity contribution in [1.29, 1.82) is 0 Å². The third-order valence-electron chi connectivity index (χ3n) is 4.41. The van der Waals surface area contributed by atoms with Crippen molar-refractivity contribution in [2.24, 2.45) is 5.92 Å². The molecule has 124 valence electrons. The van der Waals surface area contributed by atoms with Crippen LogP contribution in [0.5, 0.6) is 0 Å². The van der Waals surface area contributed by atoms with Gasteiger partial charge in [-0.25, -0.2) is 0 Å². The zero-order valence-corrected chi connectivity index (χ0v) is 14.6. The molecule has 0 radical (unpaired) electrons. The molecule has 2 aliphatic rings. The standard InChI is InChI=1S/C17H34N2O2/c1-6-8-18-15(14-7-9-20-11-14)10-19-12-16(2,3)21-17(4,5)13-19/h14-15,18H,6-13H2,1-5H3. The first-order valence-corrected chi connectivity index (χ1v) is 8.55. The molecule has 2 fully saturated rings. The van der Waals surface area contributed by atoms with Crippen molar-refractivity contribution in [3.63, 3.8) is 0 Å². The average molecular weight is 298 g/mol. The van der Waals surface area contributed by atoms with E-state index in [0.717, 1.165) is 39.4 Å². The highest BCUT2D eigenvalue weighted by molar-refractivity contribution is 4.92. The van der Waals surface area contributed by atoms with E-state index >= 15 is 0 Å². The third kappa shape index (κ3) is 5.20. The summed E-state index contributed by atoms with van der Waals surface area (Å²) in [7, 11) is 0. The van der Waals surface area contributed by atoms with E-state index in [9.17, 15) is 0 Å². The van der Waals surface area contributed by atoms with Crippen LogP contribution in [0.3, 0.4) is 0 Å². The normalized spacial score (nSPS) is 30.4. The molecule has 2 saturated heterocycles. The molecule has 1 N–H and O–H groups in total. The maximum Gasteiger partial charge on any atom is 0.0760 e. The monoisotopic (exact) mass is 298 g/mol. The first-order chi connectivity index (χ1) is 9.81. The minimum absolute atomic E-state index is 0.0662. The van der Waals surface area contributed by atoms with Gasteiger partial charge < -0.3 is 14.8 Å². The minimum Gasteiger partial charge on any atom is -0.381 e. The third-order valence-corrected chi connectivity index (χ3v) is 4.41. The van der Waals surface area contributed by atoms with E-state index in [1.807, 2.05) is 0 Å². The molecule has 0 aromatic carbocycles. The fourth-order valence-corrected chi connectivity index (χ4v) is 3.93. The zero-order chi connectivity index (χ0) is 15.5. The molecule has 4 heteroatoms. The summed E-state index contributed by atoms with van der Waals surface area (Å²) in [6.45, 7) is 17.1. The lowest BCUT2D eigenvalue weighted by Crippen LogP contribution is -2.60. The second kappa shape index (κ2) is 6.95. The summed E-state index contributed by atoms with van der Waals surface area (Å²) in [4.78, 5) is 2.58. The smallest absolute Gasteiger partial charge is 0.0760 e. The second-order valence-electron chi connectivity index (χ2n) is 7.98. The summed E-state index contributed by atoms with van der Waals surface area (Å²) in [5.74, 6) is 0.658. The number of morpholine rings is 1. The quantitative estimate of drug-likeness (QED) is 0.816. The van der Waals surface area contributed by atoms with E-state index < -0.39 is 0 Å². The highest BCUT2D eigenvalue weighted by atomic mass is 16.5. The van der Waals surface area contributed by atoms with Crippen molar-refractivity contribution < 1.29 is 9.47 Å². The molecule has 0 saturated carbocycles. The van der Waals surface area contributed by atoms with Crippen molar-refractivity contribution in [2.75, 3.05) is 39.4 Å². The fraction of sp³-hybridized carbons (Fsp3) is 1.00. The first-order valence-electron chi connectivity index (χ1n) is 8.55. The number of nitrogens with zero attached hydrogens (tertiary/aromatic N) is 1. The molecule has 2 unspecified atom stereocenters. The van der Waals surface area contributed by atoms with E-state index in [1.54, 1.807) is 0 Å². The van der Waals surface area contributed by atoms with Crippen LogP contribution in [0.15, 0.2) is 0 Å². The van der Waals surface area contributed by atoms with E-state index in [-0.39, 0.29) is 11.2 Å². The molecule has 0 aromatic rings. The van der Waals surface area contributed by atoms with Crippen LogP contribution in [-0.2, 0) is 9.47 Å². The lowest BCUT2D eigenvalue weighted by molar-refractivity contribution is -0.181. The van der Waals surface area contributed by atoms with Crippen LogP contribution in [-0.4, -0.2) is 61.5 Å². The van der Waals surface area contributed by atoms with Crippen LogP contribution in [0.4, 0.5) is 0 Å². The summed E-state index contributed by atoms with van der Waals surface area (Å²) < 4.78 is 11.8. The lowest BCUT2D eigenvalue weighted by atomic mass is 9.94. The summed E-state index contributed by atoms with van der Waals surface area (Å²) in [5.41, 5.74) is -0.132. The predicted molar refractivity (Wildman–Crippen MR) is 86.7 cm³/mol. The van der Waals surface area contributed by atoms with E-state index in [4.69, 9.17) is 9.47 Å². The van der Waals surface area contributed by atoms with Gasteiger partial charge in [-0.1, -0.05) is 6.92 Å². The number of rotatable bonds is 6. The lowest BCUT2D eigenvalue weighted by Gasteiger charge is -2.48. The van der Waals surface area contributed by atoms with Crippen LogP contribution in [0, 0.1) is 5.92 Å². The molecule has 0 aromatic heterocycles. The highest BCUT2D eigenvalue weighted by Crippen LogP contribution is 2.29. The Labute approximate surface area is 130 Å². The summed E-state index contributed by atoms with van der Waals surface area (Å²) in [6, 6.07) is 0.539. The first kappa shape index (κ1) is 17.2. The summed E-state index contributed by atoms with van der Waals surface area (Å²) >= 11 is 0. The maximum atomic E-state index is 6.19.